The molecule has 0 aromatic carbocycles. The van der Waals surface area contributed by atoms with Crippen LogP contribution in [0.25, 0.3) is 12.2 Å². The Morgan fingerprint density at radius 1 is 1.00 bits per heavy atom. The Morgan fingerprint density at radius 3 is 2.52 bits per heavy atom. The molecule has 0 aliphatic heterocycles. The van der Waals surface area contributed by atoms with Gasteiger partial charge in [-0.05, 0) is 43.5 Å². The van der Waals surface area contributed by atoms with Gasteiger partial charge in [-0.15, -0.1) is 0 Å². The number of allylic oxidation sites excluding steroid dienone is 2. The standard InChI is InChI=1S/C18H12N6OS2/c19-9-26-16-4-5-21-15(24-16)7-13-3-1-2-12(18(13)25)6-14-8-17(27-10-20)23-11-22-14/h4-8,11H,1-3H2. The molecule has 0 N–H and O–H groups in total. The average Bonchev–Trinajstić information content (AvgIpc) is 2.66. The van der Waals surface area contributed by atoms with Crippen molar-refractivity contribution in [3.63, 3.8) is 0 Å². The van der Waals surface area contributed by atoms with E-state index in [1.165, 1.54) is 6.33 Å². The van der Waals surface area contributed by atoms with E-state index < -0.39 is 0 Å². The third kappa shape index (κ3) is 5.00. The summed E-state index contributed by atoms with van der Waals surface area (Å²) in [5.74, 6) is 0.353. The zero-order valence-electron chi connectivity index (χ0n) is 14.0. The molecule has 3 rings (SSSR count). The molecule has 1 fully saturated rings. The molecular formula is C18H12N6OS2. The van der Waals surface area contributed by atoms with Gasteiger partial charge in [-0.25, -0.2) is 19.9 Å². The van der Waals surface area contributed by atoms with Crippen molar-refractivity contribution >= 4 is 41.5 Å². The number of hydrogen-bond acceptors (Lipinski definition) is 9. The van der Waals surface area contributed by atoms with Gasteiger partial charge in [-0.2, -0.15) is 10.5 Å². The molecule has 0 unspecified atom stereocenters. The van der Waals surface area contributed by atoms with E-state index in [1.54, 1.807) is 30.5 Å². The van der Waals surface area contributed by atoms with Crippen LogP contribution in [0.4, 0.5) is 0 Å². The Balaban J connectivity index is 1.85. The molecule has 7 nitrogen and oxygen atoms in total. The number of rotatable bonds is 4. The quantitative estimate of drug-likeness (QED) is 0.333. The number of Topliss-reactive ketones (excluding diaryl/α,β-unsaturated/α-hetero) is 1. The maximum Gasteiger partial charge on any atom is 0.185 e. The van der Waals surface area contributed by atoms with Crippen molar-refractivity contribution in [2.45, 2.75) is 29.3 Å². The predicted octanol–water partition coefficient (Wildman–Crippen LogP) is 3.63. The summed E-state index contributed by atoms with van der Waals surface area (Å²) in [6, 6.07) is 3.33. The lowest BCUT2D eigenvalue weighted by atomic mass is 9.88. The van der Waals surface area contributed by atoms with E-state index in [2.05, 4.69) is 19.9 Å². The molecule has 1 aliphatic carbocycles. The molecule has 0 spiro atoms. The van der Waals surface area contributed by atoms with E-state index in [0.717, 1.165) is 29.9 Å². The second-order valence-electron chi connectivity index (χ2n) is 5.44. The van der Waals surface area contributed by atoms with Crippen molar-refractivity contribution < 1.29 is 4.79 Å². The molecule has 2 heterocycles. The zero-order chi connectivity index (χ0) is 19.1. The summed E-state index contributed by atoms with van der Waals surface area (Å²) >= 11 is 1.90. The second kappa shape index (κ2) is 9.08. The molecule has 2 aromatic rings. The number of nitrogens with zero attached hydrogens (tertiary/aromatic N) is 6. The van der Waals surface area contributed by atoms with E-state index in [9.17, 15) is 4.79 Å². The van der Waals surface area contributed by atoms with Gasteiger partial charge >= 0.3 is 0 Å². The highest BCUT2D eigenvalue weighted by Gasteiger charge is 2.21. The van der Waals surface area contributed by atoms with Gasteiger partial charge in [0, 0.05) is 40.9 Å². The van der Waals surface area contributed by atoms with Crippen molar-refractivity contribution in [3.8, 4) is 10.8 Å². The summed E-state index contributed by atoms with van der Waals surface area (Å²) in [5.41, 5.74) is 1.88. The second-order valence-corrected chi connectivity index (χ2v) is 7.05. The highest BCUT2D eigenvalue weighted by Crippen LogP contribution is 2.28. The Hall–Kier alpha value is -3.01. The van der Waals surface area contributed by atoms with Crippen molar-refractivity contribution in [2.24, 2.45) is 0 Å². The van der Waals surface area contributed by atoms with Crippen LogP contribution in [0.1, 0.15) is 30.8 Å². The lowest BCUT2D eigenvalue weighted by molar-refractivity contribution is -0.112. The molecule has 0 amide bonds. The van der Waals surface area contributed by atoms with Gasteiger partial charge in [-0.3, -0.25) is 4.79 Å². The van der Waals surface area contributed by atoms with Gasteiger partial charge in [0.25, 0.3) is 0 Å². The first-order chi connectivity index (χ1) is 13.2. The maximum atomic E-state index is 12.8. The van der Waals surface area contributed by atoms with Crippen molar-refractivity contribution in [1.82, 2.24) is 19.9 Å². The number of carbonyl (C=O) groups excluding carboxylic acids is 1. The fraction of sp³-hybridized carbons (Fsp3) is 0.167. The molecule has 1 saturated carbocycles. The molecule has 0 radical (unpaired) electrons. The zero-order valence-corrected chi connectivity index (χ0v) is 15.6. The first kappa shape index (κ1) is 18.8. The van der Waals surface area contributed by atoms with Crippen LogP contribution >= 0.6 is 23.5 Å². The molecule has 2 aromatic heterocycles. The minimum Gasteiger partial charge on any atom is -0.289 e. The monoisotopic (exact) mass is 392 g/mol. The van der Waals surface area contributed by atoms with Crippen LogP contribution < -0.4 is 0 Å². The predicted molar refractivity (Wildman–Crippen MR) is 102 cm³/mol. The van der Waals surface area contributed by atoms with E-state index in [1.807, 2.05) is 10.8 Å². The molecule has 0 atom stereocenters. The fourth-order valence-corrected chi connectivity index (χ4v) is 3.31. The Morgan fingerprint density at radius 2 is 1.74 bits per heavy atom. The van der Waals surface area contributed by atoms with E-state index >= 15 is 0 Å². The molecule has 0 saturated heterocycles. The van der Waals surface area contributed by atoms with Crippen LogP contribution in [-0.4, -0.2) is 25.7 Å². The molecule has 1 aliphatic rings. The van der Waals surface area contributed by atoms with Gasteiger partial charge < -0.3 is 0 Å². The minimum atomic E-state index is -0.0590. The Kier molecular flexibility index (Phi) is 6.31. The number of nitriles is 2. The summed E-state index contributed by atoms with van der Waals surface area (Å²) in [5, 5.41) is 22.5. The van der Waals surface area contributed by atoms with Gasteiger partial charge in [0.05, 0.1) is 5.69 Å². The average molecular weight is 392 g/mol. The number of thioether (sulfide) groups is 2. The number of hydrogen-bond donors (Lipinski definition) is 0. The van der Waals surface area contributed by atoms with E-state index in [4.69, 9.17) is 10.5 Å². The number of aromatic nitrogens is 4. The summed E-state index contributed by atoms with van der Waals surface area (Å²) in [6.07, 6.45) is 8.50. The Bertz CT molecular complexity index is 939. The summed E-state index contributed by atoms with van der Waals surface area (Å²) in [7, 11) is 0. The molecule has 0 bridgehead atoms. The normalized spacial score (nSPS) is 16.9. The van der Waals surface area contributed by atoms with Crippen molar-refractivity contribution in [3.05, 3.63) is 47.3 Å². The third-order valence-corrected chi connectivity index (χ3v) is 4.76. The smallest absolute Gasteiger partial charge is 0.185 e. The summed E-state index contributed by atoms with van der Waals surface area (Å²) < 4.78 is 0. The fourth-order valence-electron chi connectivity index (χ4n) is 2.58. The first-order valence-electron chi connectivity index (χ1n) is 7.92. The first-order valence-corrected chi connectivity index (χ1v) is 9.55. The number of ketones is 1. The largest absolute Gasteiger partial charge is 0.289 e. The van der Waals surface area contributed by atoms with Crippen LogP contribution in [-0.2, 0) is 4.79 Å². The highest BCUT2D eigenvalue weighted by molar-refractivity contribution is 8.03. The van der Waals surface area contributed by atoms with E-state index in [-0.39, 0.29) is 5.78 Å². The third-order valence-electron chi connectivity index (χ3n) is 3.71. The summed E-state index contributed by atoms with van der Waals surface area (Å²) in [4.78, 5) is 29.4. The van der Waals surface area contributed by atoms with Crippen LogP contribution in [0.15, 0.2) is 45.9 Å². The topological polar surface area (TPSA) is 116 Å². The SMILES string of the molecule is N#CSc1cc(C=C2CCCC(=Cc3nccc(SC#N)n3)C2=O)ncn1. The molecule has 9 heteroatoms. The number of carbonyl (C=O) groups is 1. The van der Waals surface area contributed by atoms with Gasteiger partial charge in [0.15, 0.2) is 11.6 Å². The van der Waals surface area contributed by atoms with Crippen LogP contribution in [0.2, 0.25) is 0 Å². The van der Waals surface area contributed by atoms with Crippen LogP contribution in [0.5, 0.6) is 0 Å². The molecular weight excluding hydrogens is 380 g/mol. The van der Waals surface area contributed by atoms with Gasteiger partial charge in [-0.1, -0.05) is 0 Å². The lowest BCUT2D eigenvalue weighted by Crippen LogP contribution is -2.12. The van der Waals surface area contributed by atoms with Gasteiger partial charge in [0.1, 0.15) is 27.2 Å². The lowest BCUT2D eigenvalue weighted by Gasteiger charge is -2.16. The maximum absolute atomic E-state index is 12.8. The van der Waals surface area contributed by atoms with E-state index in [0.29, 0.717) is 45.6 Å². The highest BCUT2D eigenvalue weighted by atomic mass is 32.2. The minimum absolute atomic E-state index is 0.0590. The number of thiocyanates is 2. The van der Waals surface area contributed by atoms with Crippen molar-refractivity contribution in [1.29, 1.82) is 10.5 Å². The van der Waals surface area contributed by atoms with Gasteiger partial charge in [0.2, 0.25) is 0 Å². The Labute approximate surface area is 164 Å². The molecule has 27 heavy (non-hydrogen) atoms. The molecule has 132 valence electrons. The van der Waals surface area contributed by atoms with Crippen LogP contribution in [0.3, 0.4) is 0 Å². The van der Waals surface area contributed by atoms with Crippen LogP contribution in [0, 0.1) is 21.3 Å². The summed E-state index contributed by atoms with van der Waals surface area (Å²) in [6.45, 7) is 0. The van der Waals surface area contributed by atoms with Crippen molar-refractivity contribution in [2.75, 3.05) is 0 Å².